The number of nitrogens with zero attached hydrogens (tertiary/aromatic N) is 3. The minimum atomic E-state index is -0.612. The number of thioether (sulfide) groups is 1. The molecule has 0 saturated carbocycles. The van der Waals surface area contributed by atoms with Gasteiger partial charge in [0.05, 0.1) is 27.8 Å². The van der Waals surface area contributed by atoms with Crippen molar-refractivity contribution in [3.05, 3.63) is 50.2 Å². The number of nitro groups is 1. The van der Waals surface area contributed by atoms with Gasteiger partial charge in [-0.05, 0) is 6.07 Å². The zero-order valence-corrected chi connectivity index (χ0v) is 17.0. The van der Waals surface area contributed by atoms with E-state index < -0.39 is 10.8 Å². The van der Waals surface area contributed by atoms with Crippen molar-refractivity contribution in [3.63, 3.8) is 0 Å². The van der Waals surface area contributed by atoms with Crippen LogP contribution in [0.1, 0.15) is 21.6 Å². The van der Waals surface area contributed by atoms with Crippen molar-refractivity contribution in [3.8, 4) is 0 Å². The fraction of sp³-hybridized carbons (Fsp3) is 0.353. The molecule has 1 aliphatic rings. The molecule has 0 spiro atoms. The number of rotatable bonds is 8. The Bertz CT molecular complexity index is 964. The highest BCUT2D eigenvalue weighted by Gasteiger charge is 2.26. The largest absolute Gasteiger partial charge is 0.383 e. The third-order valence-corrected chi connectivity index (χ3v) is 5.48. The third-order valence-electron chi connectivity index (χ3n) is 4.18. The van der Waals surface area contributed by atoms with Crippen LogP contribution in [0, 0.1) is 10.1 Å². The summed E-state index contributed by atoms with van der Waals surface area (Å²) in [6, 6.07) is 3.64. The lowest BCUT2D eigenvalue weighted by Gasteiger charge is -2.12. The molecule has 0 unspecified atom stereocenters. The fourth-order valence-corrected chi connectivity index (χ4v) is 4.02. The molecule has 2 amide bonds. The minimum Gasteiger partial charge on any atom is -0.383 e. The maximum Gasteiger partial charge on any atom is 0.270 e. The first kappa shape index (κ1) is 21.1. The number of halogens is 1. The highest BCUT2D eigenvalue weighted by atomic mass is 35.5. The monoisotopic (exact) mass is 439 g/mol. The number of hydrogen-bond acceptors (Lipinski definition) is 7. The Morgan fingerprint density at radius 3 is 2.93 bits per heavy atom. The number of carbonyl (C=O) groups excluding carboxylic acids is 2. The van der Waals surface area contributed by atoms with Crippen molar-refractivity contribution >= 4 is 46.7 Å². The van der Waals surface area contributed by atoms with E-state index in [0.29, 0.717) is 30.5 Å². The minimum absolute atomic E-state index is 0.0300. The molecule has 0 aliphatic carbocycles. The molecular weight excluding hydrogens is 422 g/mol. The van der Waals surface area contributed by atoms with E-state index in [1.807, 2.05) is 0 Å². The van der Waals surface area contributed by atoms with Gasteiger partial charge < -0.3 is 15.4 Å². The van der Waals surface area contributed by atoms with Gasteiger partial charge in [0.25, 0.3) is 11.6 Å². The molecular formula is C17H18ClN5O5S. The number of non-ortho nitro benzene ring substituents is 1. The second kappa shape index (κ2) is 9.25. The fourth-order valence-electron chi connectivity index (χ4n) is 2.78. The number of amides is 2. The standard InChI is InChI=1S/C17H18ClN5O5S/c1-28-5-4-19-15(24)7-22-16(12-8-29-9-14(12)21-22)20-17(25)11-6-10(23(26)27)2-3-13(11)18/h2-3,6H,4-5,7-9H2,1H3,(H,19,24)(H,20,25). The number of fused-ring (bicyclic) bond motifs is 1. The van der Waals surface area contributed by atoms with Crippen LogP contribution in [-0.4, -0.2) is 46.8 Å². The molecule has 1 aromatic heterocycles. The quantitative estimate of drug-likeness (QED) is 0.366. The SMILES string of the molecule is COCCNC(=O)Cn1nc2c(c1NC(=O)c1cc([N+](=O)[O-])ccc1Cl)CSC2. The Morgan fingerprint density at radius 2 is 2.21 bits per heavy atom. The highest BCUT2D eigenvalue weighted by molar-refractivity contribution is 7.98. The van der Waals surface area contributed by atoms with E-state index in [9.17, 15) is 19.7 Å². The van der Waals surface area contributed by atoms with Crippen molar-refractivity contribution in [2.24, 2.45) is 0 Å². The first-order chi connectivity index (χ1) is 13.9. The van der Waals surface area contributed by atoms with Crippen molar-refractivity contribution in [1.29, 1.82) is 0 Å². The van der Waals surface area contributed by atoms with Gasteiger partial charge in [-0.2, -0.15) is 16.9 Å². The van der Waals surface area contributed by atoms with Gasteiger partial charge in [-0.15, -0.1) is 0 Å². The third kappa shape index (κ3) is 4.86. The lowest BCUT2D eigenvalue weighted by Crippen LogP contribution is -2.31. The predicted molar refractivity (Wildman–Crippen MR) is 108 cm³/mol. The molecule has 2 heterocycles. The second-order valence-corrected chi connectivity index (χ2v) is 7.54. The van der Waals surface area contributed by atoms with Crippen molar-refractivity contribution < 1.29 is 19.2 Å². The molecule has 154 valence electrons. The van der Waals surface area contributed by atoms with E-state index >= 15 is 0 Å². The molecule has 0 radical (unpaired) electrons. The zero-order chi connectivity index (χ0) is 21.0. The first-order valence-corrected chi connectivity index (χ1v) is 10.1. The summed E-state index contributed by atoms with van der Waals surface area (Å²) in [7, 11) is 1.54. The molecule has 29 heavy (non-hydrogen) atoms. The number of benzene rings is 1. The number of aromatic nitrogens is 2. The Morgan fingerprint density at radius 1 is 1.41 bits per heavy atom. The first-order valence-electron chi connectivity index (χ1n) is 8.58. The number of nitrogens with one attached hydrogen (secondary N) is 2. The highest BCUT2D eigenvalue weighted by Crippen LogP contribution is 2.35. The summed E-state index contributed by atoms with van der Waals surface area (Å²) < 4.78 is 6.32. The van der Waals surface area contributed by atoms with Gasteiger partial charge >= 0.3 is 0 Å². The summed E-state index contributed by atoms with van der Waals surface area (Å²) >= 11 is 7.70. The van der Waals surface area contributed by atoms with Gasteiger partial charge in [-0.25, -0.2) is 4.68 Å². The van der Waals surface area contributed by atoms with Crippen molar-refractivity contribution in [2.75, 3.05) is 25.6 Å². The summed E-state index contributed by atoms with van der Waals surface area (Å²) in [6.07, 6.45) is 0. The smallest absolute Gasteiger partial charge is 0.270 e. The molecule has 2 aromatic rings. The molecule has 12 heteroatoms. The van der Waals surface area contributed by atoms with E-state index in [1.54, 1.807) is 11.8 Å². The van der Waals surface area contributed by atoms with Crippen LogP contribution in [0.3, 0.4) is 0 Å². The van der Waals surface area contributed by atoms with Gasteiger partial charge in [0.15, 0.2) is 0 Å². The molecule has 0 fully saturated rings. The lowest BCUT2D eigenvalue weighted by molar-refractivity contribution is -0.384. The summed E-state index contributed by atoms with van der Waals surface area (Å²) in [6.45, 7) is 0.656. The van der Waals surface area contributed by atoms with Crippen LogP contribution < -0.4 is 10.6 Å². The summed E-state index contributed by atoms with van der Waals surface area (Å²) in [5, 5.41) is 20.9. The number of nitro benzene ring substituents is 1. The van der Waals surface area contributed by atoms with E-state index in [4.69, 9.17) is 16.3 Å². The molecule has 3 rings (SSSR count). The lowest BCUT2D eigenvalue weighted by atomic mass is 10.2. The van der Waals surface area contributed by atoms with Crippen molar-refractivity contribution in [1.82, 2.24) is 15.1 Å². The summed E-state index contributed by atoms with van der Waals surface area (Å²) in [5.74, 6) is 0.811. The van der Waals surface area contributed by atoms with Crippen LogP contribution in [0.5, 0.6) is 0 Å². The molecule has 0 atom stereocenters. The summed E-state index contributed by atoms with van der Waals surface area (Å²) in [4.78, 5) is 35.3. The van der Waals surface area contributed by atoms with Crippen LogP contribution in [0.25, 0.3) is 0 Å². The number of methoxy groups -OCH3 is 1. The maximum atomic E-state index is 12.8. The Labute approximate surface area is 175 Å². The Balaban J connectivity index is 1.83. The van der Waals surface area contributed by atoms with Crippen LogP contribution >= 0.6 is 23.4 Å². The summed E-state index contributed by atoms with van der Waals surface area (Å²) in [5.41, 5.74) is 1.35. The number of carbonyl (C=O) groups is 2. The Hall–Kier alpha value is -2.63. The maximum absolute atomic E-state index is 12.8. The normalized spacial score (nSPS) is 12.5. The van der Waals surface area contributed by atoms with Crippen LogP contribution in [0.2, 0.25) is 5.02 Å². The van der Waals surface area contributed by atoms with Crippen molar-refractivity contribution in [2.45, 2.75) is 18.1 Å². The zero-order valence-electron chi connectivity index (χ0n) is 15.4. The second-order valence-electron chi connectivity index (χ2n) is 6.14. The number of anilines is 1. The molecule has 0 bridgehead atoms. The Kier molecular flexibility index (Phi) is 6.72. The average molecular weight is 440 g/mol. The molecule has 2 N–H and O–H groups in total. The van der Waals surface area contributed by atoms with E-state index in [-0.39, 0.29) is 28.7 Å². The van der Waals surface area contributed by atoms with E-state index in [1.165, 1.54) is 23.9 Å². The average Bonchev–Trinajstić information content (AvgIpc) is 3.25. The molecule has 1 aliphatic heterocycles. The molecule has 1 aromatic carbocycles. The van der Waals surface area contributed by atoms with Gasteiger partial charge in [0, 0.05) is 42.9 Å². The molecule has 0 saturated heterocycles. The van der Waals surface area contributed by atoms with Crippen LogP contribution in [-0.2, 0) is 27.6 Å². The predicted octanol–water partition coefficient (Wildman–Crippen LogP) is 2.21. The topological polar surface area (TPSA) is 128 Å². The van der Waals surface area contributed by atoms with E-state index in [0.717, 1.165) is 17.3 Å². The van der Waals surface area contributed by atoms with E-state index in [2.05, 4.69) is 15.7 Å². The number of ether oxygens (including phenoxy) is 1. The van der Waals surface area contributed by atoms with Gasteiger partial charge in [0.1, 0.15) is 12.4 Å². The van der Waals surface area contributed by atoms with Crippen LogP contribution in [0.4, 0.5) is 11.5 Å². The number of hydrogen-bond donors (Lipinski definition) is 2. The molecule has 10 nitrogen and oxygen atoms in total. The van der Waals surface area contributed by atoms with Gasteiger partial charge in [0.2, 0.25) is 5.91 Å². The van der Waals surface area contributed by atoms with Gasteiger partial charge in [-0.1, -0.05) is 11.6 Å². The van der Waals surface area contributed by atoms with Gasteiger partial charge in [-0.3, -0.25) is 19.7 Å². The van der Waals surface area contributed by atoms with Crippen LogP contribution in [0.15, 0.2) is 18.2 Å².